The minimum atomic E-state index is -1.22. The Hall–Kier alpha value is -1.47. The number of rotatable bonds is 3. The highest BCUT2D eigenvalue weighted by Crippen LogP contribution is 2.15. The van der Waals surface area contributed by atoms with Crippen LogP contribution < -0.4 is 5.32 Å². The van der Waals surface area contributed by atoms with E-state index in [9.17, 15) is 15.0 Å². The lowest BCUT2D eigenvalue weighted by Gasteiger charge is -2.37. The first-order chi connectivity index (χ1) is 9.13. The molecule has 6 nitrogen and oxygen atoms in total. The first kappa shape index (κ1) is 14.0. The molecule has 1 aromatic rings. The Morgan fingerprint density at radius 1 is 1.26 bits per heavy atom. The number of hydrogen-bond donors (Lipinski definition) is 4. The van der Waals surface area contributed by atoms with Gasteiger partial charge >= 0.3 is 0 Å². The van der Waals surface area contributed by atoms with E-state index < -0.39 is 24.4 Å². The van der Waals surface area contributed by atoms with Crippen LogP contribution in [0.4, 0.5) is 0 Å². The molecule has 6 heteroatoms. The lowest BCUT2D eigenvalue weighted by Crippen LogP contribution is -2.59. The fraction of sp³-hybridized carbons (Fsp3) is 0.462. The Morgan fingerprint density at radius 3 is 2.58 bits per heavy atom. The highest BCUT2D eigenvalue weighted by molar-refractivity contribution is 5.94. The zero-order valence-electron chi connectivity index (χ0n) is 10.3. The van der Waals surface area contributed by atoms with Crippen molar-refractivity contribution in [1.82, 2.24) is 5.32 Å². The number of nitrogens with one attached hydrogen (secondary N) is 1. The van der Waals surface area contributed by atoms with Gasteiger partial charge in [0.25, 0.3) is 5.91 Å². The summed E-state index contributed by atoms with van der Waals surface area (Å²) in [5, 5.41) is 31.1. The number of ether oxygens (including phenoxy) is 1. The molecule has 0 aromatic heterocycles. The van der Waals surface area contributed by atoms with Gasteiger partial charge in [-0.2, -0.15) is 0 Å². The average molecular weight is 267 g/mol. The molecule has 1 fully saturated rings. The Balaban J connectivity index is 1.98. The summed E-state index contributed by atoms with van der Waals surface area (Å²) in [5.74, 6) is -0.345. The Bertz CT molecular complexity index is 424. The Kier molecular flexibility index (Phi) is 4.49. The molecule has 1 saturated heterocycles. The van der Waals surface area contributed by atoms with Crippen molar-refractivity contribution in [2.24, 2.45) is 0 Å². The van der Waals surface area contributed by atoms with E-state index in [0.29, 0.717) is 5.56 Å². The second-order valence-electron chi connectivity index (χ2n) is 4.48. The molecule has 4 N–H and O–H groups in total. The van der Waals surface area contributed by atoms with Crippen LogP contribution in [0.2, 0.25) is 0 Å². The number of carbonyl (C=O) groups excluding carboxylic acids is 1. The van der Waals surface area contributed by atoms with Crippen molar-refractivity contribution in [2.75, 3.05) is 13.2 Å². The highest BCUT2D eigenvalue weighted by atomic mass is 16.5. The van der Waals surface area contributed by atoms with Gasteiger partial charge in [0.2, 0.25) is 0 Å². The molecule has 0 spiro atoms. The van der Waals surface area contributed by atoms with E-state index >= 15 is 0 Å². The van der Waals surface area contributed by atoms with Crippen molar-refractivity contribution < 1.29 is 24.9 Å². The van der Waals surface area contributed by atoms with Crippen molar-refractivity contribution in [3.05, 3.63) is 35.9 Å². The second kappa shape index (κ2) is 6.12. The average Bonchev–Trinajstić information content (AvgIpc) is 2.45. The van der Waals surface area contributed by atoms with Gasteiger partial charge in [0.1, 0.15) is 18.3 Å². The first-order valence-electron chi connectivity index (χ1n) is 6.08. The zero-order chi connectivity index (χ0) is 13.8. The molecule has 1 aliphatic heterocycles. The molecule has 4 atom stereocenters. The fourth-order valence-corrected chi connectivity index (χ4v) is 2.01. The molecule has 1 heterocycles. The molecule has 104 valence electrons. The van der Waals surface area contributed by atoms with E-state index in [-0.39, 0.29) is 19.1 Å². The molecule has 2 rings (SSSR count). The minimum Gasteiger partial charge on any atom is -0.394 e. The summed E-state index contributed by atoms with van der Waals surface area (Å²) in [6, 6.07) is 7.87. The topological polar surface area (TPSA) is 99.0 Å². The second-order valence-corrected chi connectivity index (χ2v) is 4.48. The fourth-order valence-electron chi connectivity index (χ4n) is 2.01. The van der Waals surface area contributed by atoms with Crippen LogP contribution in [0.1, 0.15) is 10.4 Å². The van der Waals surface area contributed by atoms with Gasteiger partial charge in [-0.15, -0.1) is 0 Å². The predicted octanol–water partition coefficient (Wildman–Crippen LogP) is -1.10. The lowest BCUT2D eigenvalue weighted by molar-refractivity contribution is -0.159. The summed E-state index contributed by atoms with van der Waals surface area (Å²) in [5.41, 5.74) is 0.466. The van der Waals surface area contributed by atoms with Gasteiger partial charge in [-0.1, -0.05) is 18.2 Å². The van der Waals surface area contributed by atoms with Crippen LogP contribution in [0.25, 0.3) is 0 Å². The molecule has 0 aliphatic carbocycles. The molecular weight excluding hydrogens is 250 g/mol. The van der Waals surface area contributed by atoms with Crippen molar-refractivity contribution in [2.45, 2.75) is 24.4 Å². The summed E-state index contributed by atoms with van der Waals surface area (Å²) in [4.78, 5) is 11.9. The van der Waals surface area contributed by atoms with Crippen LogP contribution in [0.15, 0.2) is 30.3 Å². The molecule has 1 aromatic carbocycles. The summed E-state index contributed by atoms with van der Waals surface area (Å²) >= 11 is 0. The van der Waals surface area contributed by atoms with Crippen LogP contribution >= 0.6 is 0 Å². The van der Waals surface area contributed by atoms with Gasteiger partial charge in [0.05, 0.1) is 19.3 Å². The zero-order valence-corrected chi connectivity index (χ0v) is 10.3. The summed E-state index contributed by atoms with van der Waals surface area (Å²) in [7, 11) is 0. The smallest absolute Gasteiger partial charge is 0.251 e. The van der Waals surface area contributed by atoms with Gasteiger partial charge in [0.15, 0.2) is 0 Å². The third-order valence-electron chi connectivity index (χ3n) is 3.17. The highest BCUT2D eigenvalue weighted by Gasteiger charge is 2.38. The maximum atomic E-state index is 11.9. The van der Waals surface area contributed by atoms with Gasteiger partial charge in [0, 0.05) is 5.56 Å². The summed E-state index contributed by atoms with van der Waals surface area (Å²) in [6.45, 7) is -0.334. The van der Waals surface area contributed by atoms with Gasteiger partial charge in [-0.05, 0) is 12.1 Å². The van der Waals surface area contributed by atoms with Crippen molar-refractivity contribution in [3.63, 3.8) is 0 Å². The maximum absolute atomic E-state index is 11.9. The van der Waals surface area contributed by atoms with Gasteiger partial charge in [-0.25, -0.2) is 0 Å². The van der Waals surface area contributed by atoms with Gasteiger partial charge in [-0.3, -0.25) is 4.79 Å². The molecular formula is C13H17NO5. The summed E-state index contributed by atoms with van der Waals surface area (Å²) < 4.78 is 5.18. The van der Waals surface area contributed by atoms with Crippen LogP contribution in [0.5, 0.6) is 0 Å². The number of benzene rings is 1. The normalized spacial score (nSPS) is 30.9. The van der Waals surface area contributed by atoms with E-state index in [1.165, 1.54) is 0 Å². The van der Waals surface area contributed by atoms with Crippen LogP contribution in [-0.4, -0.2) is 58.8 Å². The lowest BCUT2D eigenvalue weighted by atomic mass is 9.98. The SMILES string of the molecule is O=C(N[C@H]1CO[C@H](CO)[C@H](O)[C@@H]1O)c1ccccc1. The van der Waals surface area contributed by atoms with Crippen LogP contribution in [0.3, 0.4) is 0 Å². The van der Waals surface area contributed by atoms with E-state index in [1.807, 2.05) is 0 Å². The van der Waals surface area contributed by atoms with Crippen molar-refractivity contribution >= 4 is 5.91 Å². The molecule has 1 amide bonds. The molecule has 0 radical (unpaired) electrons. The van der Waals surface area contributed by atoms with Crippen molar-refractivity contribution in [1.29, 1.82) is 0 Å². The van der Waals surface area contributed by atoms with Crippen molar-refractivity contribution in [3.8, 4) is 0 Å². The number of aliphatic hydroxyl groups excluding tert-OH is 3. The standard InChI is InChI=1S/C13H17NO5/c15-6-10-12(17)11(16)9(7-19-10)14-13(18)8-4-2-1-3-5-8/h1-5,9-12,15-17H,6-7H2,(H,14,18)/t9-,10+,11+,12-/m0/s1. The number of hydrogen-bond acceptors (Lipinski definition) is 5. The third-order valence-corrected chi connectivity index (χ3v) is 3.17. The minimum absolute atomic E-state index is 0.0437. The van der Waals surface area contributed by atoms with Crippen LogP contribution in [0, 0.1) is 0 Å². The predicted molar refractivity (Wildman–Crippen MR) is 66.5 cm³/mol. The maximum Gasteiger partial charge on any atom is 0.251 e. The quantitative estimate of drug-likeness (QED) is 0.557. The van der Waals surface area contributed by atoms with E-state index in [4.69, 9.17) is 9.84 Å². The molecule has 0 unspecified atom stereocenters. The molecule has 19 heavy (non-hydrogen) atoms. The molecule has 0 bridgehead atoms. The largest absolute Gasteiger partial charge is 0.394 e. The number of amides is 1. The number of aliphatic hydroxyl groups is 3. The Labute approximate surface area is 110 Å². The molecule has 1 aliphatic rings. The monoisotopic (exact) mass is 267 g/mol. The summed E-state index contributed by atoms with van der Waals surface area (Å²) in [6.07, 6.45) is -3.21. The Morgan fingerprint density at radius 2 is 1.95 bits per heavy atom. The number of carbonyl (C=O) groups is 1. The third kappa shape index (κ3) is 3.10. The first-order valence-corrected chi connectivity index (χ1v) is 6.08. The van der Waals surface area contributed by atoms with Gasteiger partial charge < -0.3 is 25.4 Å². The molecule has 0 saturated carbocycles. The van der Waals surface area contributed by atoms with E-state index in [1.54, 1.807) is 30.3 Å². The van der Waals surface area contributed by atoms with E-state index in [2.05, 4.69) is 5.32 Å². The van der Waals surface area contributed by atoms with Crippen LogP contribution in [-0.2, 0) is 4.74 Å². The van der Waals surface area contributed by atoms with E-state index in [0.717, 1.165) is 0 Å².